The lowest BCUT2D eigenvalue weighted by molar-refractivity contribution is -0.347. The number of nitrogens with two attached hydrogens (primary N) is 1. The zero-order valence-corrected chi connectivity index (χ0v) is 12.0. The number of fused-ring (bicyclic) bond motifs is 1. The predicted octanol–water partition coefficient (Wildman–Crippen LogP) is 0.486. The third-order valence-corrected chi connectivity index (χ3v) is 3.84. The van der Waals surface area contributed by atoms with Crippen molar-refractivity contribution < 1.29 is 14.9 Å². The van der Waals surface area contributed by atoms with Gasteiger partial charge in [0.25, 0.3) is 5.82 Å². The van der Waals surface area contributed by atoms with Crippen LogP contribution >= 0.6 is 0 Å². The molecule has 2 aromatic rings. The van der Waals surface area contributed by atoms with Crippen molar-refractivity contribution in [2.75, 3.05) is 18.8 Å². The van der Waals surface area contributed by atoms with E-state index in [0.29, 0.717) is 48.2 Å². The molecule has 1 fully saturated rings. The average molecular weight is 301 g/mol. The molecule has 1 aliphatic heterocycles. The first-order chi connectivity index (χ1) is 10.6. The van der Waals surface area contributed by atoms with Crippen LogP contribution in [-0.2, 0) is 0 Å². The van der Waals surface area contributed by atoms with E-state index in [2.05, 4.69) is 31.8 Å². The summed E-state index contributed by atoms with van der Waals surface area (Å²) in [6, 6.07) is 0. The van der Waals surface area contributed by atoms with Gasteiger partial charge in [0.1, 0.15) is 0 Å². The molecule has 8 nitrogen and oxygen atoms in total. The Bertz CT molecular complexity index is 752. The summed E-state index contributed by atoms with van der Waals surface area (Å²) >= 11 is 0. The molecular weight excluding hydrogens is 284 g/mol. The number of H-pyrrole nitrogens is 2. The molecule has 3 rings (SSSR count). The van der Waals surface area contributed by atoms with E-state index in [1.165, 1.54) is 4.90 Å². The molecule has 114 valence electrons. The van der Waals surface area contributed by atoms with Gasteiger partial charge in [-0.15, -0.1) is 0 Å². The highest BCUT2D eigenvalue weighted by molar-refractivity contribution is 5.78. The number of hydrogen-bond acceptors (Lipinski definition) is 4. The molecular formula is C14H17N6O2+. The number of imidazole rings is 1. The number of nitrogens with zero attached hydrogens (tertiary/aromatic N) is 3. The second kappa shape index (κ2) is 5.89. The molecule has 3 heterocycles. The summed E-state index contributed by atoms with van der Waals surface area (Å²) in [6.07, 6.45) is 3.20. The van der Waals surface area contributed by atoms with Crippen molar-refractivity contribution in [3.8, 4) is 11.8 Å². The van der Waals surface area contributed by atoms with Crippen LogP contribution < -0.4 is 10.7 Å². The summed E-state index contributed by atoms with van der Waals surface area (Å²) < 4.78 is 0. The lowest BCUT2D eigenvalue weighted by Gasteiger charge is -2.28. The fourth-order valence-corrected chi connectivity index (χ4v) is 2.56. The van der Waals surface area contributed by atoms with Crippen LogP contribution in [0, 0.1) is 17.8 Å². The van der Waals surface area contributed by atoms with Crippen LogP contribution in [0.4, 0.5) is 10.6 Å². The van der Waals surface area contributed by atoms with Crippen LogP contribution in [0.2, 0.25) is 0 Å². The van der Waals surface area contributed by atoms with Crippen LogP contribution in [0.1, 0.15) is 25.1 Å². The number of amides is 1. The number of carboxylic acid groups (broad SMARTS) is 1. The predicted molar refractivity (Wildman–Crippen MR) is 78.7 cm³/mol. The number of anilines is 1. The summed E-state index contributed by atoms with van der Waals surface area (Å²) in [5.74, 6) is 7.19. The third-order valence-electron chi connectivity index (χ3n) is 3.84. The molecule has 0 bridgehead atoms. The van der Waals surface area contributed by atoms with Gasteiger partial charge in [-0.25, -0.2) is 9.78 Å². The molecule has 22 heavy (non-hydrogen) atoms. The monoisotopic (exact) mass is 301 g/mol. The molecule has 0 spiro atoms. The fourth-order valence-electron chi connectivity index (χ4n) is 2.56. The summed E-state index contributed by atoms with van der Waals surface area (Å²) in [6.45, 7) is 1.16. The minimum Gasteiger partial charge on any atom is -0.465 e. The van der Waals surface area contributed by atoms with Crippen molar-refractivity contribution in [2.24, 2.45) is 5.92 Å². The largest absolute Gasteiger partial charge is 0.465 e. The maximum Gasteiger partial charge on any atom is 0.407 e. The zero-order chi connectivity index (χ0) is 15.5. The van der Waals surface area contributed by atoms with Gasteiger partial charge >= 0.3 is 11.7 Å². The smallest absolute Gasteiger partial charge is 0.407 e. The van der Waals surface area contributed by atoms with Crippen molar-refractivity contribution >= 4 is 23.1 Å². The molecule has 1 amide bonds. The Labute approximate surface area is 126 Å². The topological polar surface area (TPSA) is 122 Å². The molecule has 0 unspecified atom stereocenters. The summed E-state index contributed by atoms with van der Waals surface area (Å²) in [4.78, 5) is 26.6. The number of hydrogen-bond donors (Lipinski definition) is 3. The van der Waals surface area contributed by atoms with Crippen LogP contribution in [0.25, 0.3) is 11.2 Å². The second-order valence-corrected chi connectivity index (χ2v) is 5.31. The van der Waals surface area contributed by atoms with E-state index in [9.17, 15) is 4.79 Å². The van der Waals surface area contributed by atoms with E-state index in [-0.39, 0.29) is 0 Å². The zero-order valence-electron chi connectivity index (χ0n) is 12.0. The van der Waals surface area contributed by atoms with Crippen molar-refractivity contribution in [3.05, 3.63) is 12.2 Å². The highest BCUT2D eigenvalue weighted by Gasteiger charge is 2.21. The molecule has 0 atom stereocenters. The third kappa shape index (κ3) is 2.93. The number of carbonyl (C=O) groups is 1. The van der Waals surface area contributed by atoms with Gasteiger partial charge in [0.05, 0.1) is 0 Å². The molecule has 2 aromatic heterocycles. The Kier molecular flexibility index (Phi) is 3.78. The molecule has 0 aromatic carbocycles. The number of nitrogens with one attached hydrogen (secondary N) is 2. The molecule has 0 aliphatic carbocycles. The first kappa shape index (κ1) is 14.1. The van der Waals surface area contributed by atoms with Crippen LogP contribution in [-0.4, -0.2) is 44.1 Å². The van der Waals surface area contributed by atoms with Crippen molar-refractivity contribution in [2.45, 2.75) is 19.3 Å². The summed E-state index contributed by atoms with van der Waals surface area (Å²) in [5, 5.41) is 8.91. The number of likely N-dealkylation sites (tertiary alicyclic amines) is 1. The van der Waals surface area contributed by atoms with Crippen LogP contribution in [0.3, 0.4) is 0 Å². The SMILES string of the molecule is Nc1nc(C#CCC2CCN(C(=O)O)CC2)nc2[nH+]c[nH]c12. The lowest BCUT2D eigenvalue weighted by atomic mass is 9.94. The Morgan fingerprint density at radius 3 is 3.00 bits per heavy atom. The maximum atomic E-state index is 10.8. The van der Waals surface area contributed by atoms with E-state index in [1.807, 2.05) is 0 Å². The molecule has 5 N–H and O–H groups in total. The number of rotatable bonds is 1. The lowest BCUT2D eigenvalue weighted by Crippen LogP contribution is -2.37. The molecule has 8 heteroatoms. The maximum absolute atomic E-state index is 10.8. The van der Waals surface area contributed by atoms with E-state index < -0.39 is 6.09 Å². The Balaban J connectivity index is 1.62. The van der Waals surface area contributed by atoms with Crippen molar-refractivity contribution in [1.82, 2.24) is 19.9 Å². The minimum absolute atomic E-state index is 0.366. The number of piperidine rings is 1. The first-order valence-corrected chi connectivity index (χ1v) is 7.12. The van der Waals surface area contributed by atoms with E-state index in [4.69, 9.17) is 10.8 Å². The minimum atomic E-state index is -0.843. The van der Waals surface area contributed by atoms with Crippen molar-refractivity contribution in [1.29, 1.82) is 0 Å². The number of aromatic amines is 2. The number of nitrogen functional groups attached to an aromatic ring is 1. The van der Waals surface area contributed by atoms with Gasteiger partial charge in [-0.3, -0.25) is 4.98 Å². The van der Waals surface area contributed by atoms with Gasteiger partial charge in [0.15, 0.2) is 12.1 Å². The summed E-state index contributed by atoms with van der Waals surface area (Å²) in [7, 11) is 0. The highest BCUT2D eigenvalue weighted by atomic mass is 16.4. The van der Waals surface area contributed by atoms with E-state index >= 15 is 0 Å². The Morgan fingerprint density at radius 2 is 2.27 bits per heavy atom. The van der Waals surface area contributed by atoms with Gasteiger partial charge in [0, 0.05) is 19.5 Å². The van der Waals surface area contributed by atoms with E-state index in [0.717, 1.165) is 12.8 Å². The molecule has 1 saturated heterocycles. The molecule has 0 radical (unpaired) electrons. The van der Waals surface area contributed by atoms with Gasteiger partial charge in [-0.05, 0) is 24.7 Å². The standard InChI is InChI=1S/C14H16N6O2/c15-12-11-13(17-8-16-11)19-10(18-12)3-1-2-9-4-6-20(7-5-9)14(21)22/h8-9H,2,4-7H2,(H,21,22)(H3,15,16,17,18,19)/p+1. The fraction of sp³-hybridized carbons (Fsp3) is 0.429. The second-order valence-electron chi connectivity index (χ2n) is 5.31. The Morgan fingerprint density at radius 1 is 1.50 bits per heavy atom. The number of aromatic nitrogens is 4. The van der Waals surface area contributed by atoms with Crippen LogP contribution in [0.15, 0.2) is 6.33 Å². The quantitative estimate of drug-likeness (QED) is 0.661. The van der Waals surface area contributed by atoms with Gasteiger partial charge < -0.3 is 15.7 Å². The van der Waals surface area contributed by atoms with Crippen LogP contribution in [0.5, 0.6) is 0 Å². The van der Waals surface area contributed by atoms with Gasteiger partial charge in [0.2, 0.25) is 5.52 Å². The van der Waals surface area contributed by atoms with Gasteiger partial charge in [-0.2, -0.15) is 4.98 Å². The van der Waals surface area contributed by atoms with Gasteiger partial charge in [-0.1, -0.05) is 10.9 Å². The normalized spacial score (nSPS) is 15.5. The Hall–Kier alpha value is -2.82. The summed E-state index contributed by atoms with van der Waals surface area (Å²) in [5.41, 5.74) is 7.13. The first-order valence-electron chi connectivity index (χ1n) is 7.12. The molecule has 0 saturated carbocycles. The van der Waals surface area contributed by atoms with Crippen molar-refractivity contribution in [3.63, 3.8) is 0 Å². The highest BCUT2D eigenvalue weighted by Crippen LogP contribution is 2.20. The average Bonchev–Trinajstić information content (AvgIpc) is 2.97. The molecule has 1 aliphatic rings. The van der Waals surface area contributed by atoms with E-state index in [1.54, 1.807) is 6.33 Å².